The number of hydrogen-bond donors (Lipinski definition) is 2. The molecular formula is C24H37N9OS. The number of aromatic nitrogens is 4. The van der Waals surface area contributed by atoms with E-state index in [4.69, 9.17) is 9.97 Å². The first-order valence-electron chi connectivity index (χ1n) is 12.2. The van der Waals surface area contributed by atoms with Gasteiger partial charge in [-0.2, -0.15) is 5.10 Å². The summed E-state index contributed by atoms with van der Waals surface area (Å²) in [5.41, 5.74) is 0.994. The molecule has 190 valence electrons. The highest BCUT2D eigenvalue weighted by molar-refractivity contribution is 7.99. The molecule has 0 bridgehead atoms. The van der Waals surface area contributed by atoms with Gasteiger partial charge in [-0.05, 0) is 40.9 Å². The molecule has 35 heavy (non-hydrogen) atoms. The van der Waals surface area contributed by atoms with Gasteiger partial charge in [-0.1, -0.05) is 17.8 Å². The molecular weight excluding hydrogens is 462 g/mol. The largest absolute Gasteiger partial charge is 0.354 e. The Bertz CT molecular complexity index is 1010. The van der Waals surface area contributed by atoms with Crippen LogP contribution in [0.2, 0.25) is 0 Å². The number of H-pyrrole nitrogens is 1. The van der Waals surface area contributed by atoms with E-state index in [-0.39, 0.29) is 5.91 Å². The summed E-state index contributed by atoms with van der Waals surface area (Å²) in [6.07, 6.45) is 5.49. The normalized spacial score (nSPS) is 18.1. The van der Waals surface area contributed by atoms with Gasteiger partial charge in [0.1, 0.15) is 11.6 Å². The van der Waals surface area contributed by atoms with Gasteiger partial charge in [0.25, 0.3) is 0 Å². The Balaban J connectivity index is 1.41. The minimum Gasteiger partial charge on any atom is -0.354 e. The van der Waals surface area contributed by atoms with Crippen LogP contribution < -0.4 is 10.2 Å². The van der Waals surface area contributed by atoms with E-state index in [1.807, 2.05) is 49.0 Å². The average molecular weight is 500 g/mol. The monoisotopic (exact) mass is 499 g/mol. The van der Waals surface area contributed by atoms with Gasteiger partial charge < -0.3 is 24.9 Å². The third-order valence-corrected chi connectivity index (χ3v) is 7.44. The quantitative estimate of drug-likeness (QED) is 0.419. The number of nitrogens with zero attached hydrogens (tertiary/aromatic N) is 7. The Morgan fingerprint density at radius 1 is 1.14 bits per heavy atom. The van der Waals surface area contributed by atoms with E-state index in [2.05, 4.69) is 32.4 Å². The van der Waals surface area contributed by atoms with Crippen LogP contribution in [0.3, 0.4) is 0 Å². The molecule has 10 nitrogen and oxygen atoms in total. The summed E-state index contributed by atoms with van der Waals surface area (Å²) in [7, 11) is 6.14. The molecule has 2 aliphatic heterocycles. The van der Waals surface area contributed by atoms with Crippen molar-refractivity contribution in [2.45, 2.75) is 30.2 Å². The van der Waals surface area contributed by atoms with Gasteiger partial charge in [-0.15, -0.1) is 0 Å². The molecule has 0 unspecified atom stereocenters. The molecule has 2 saturated heterocycles. The van der Waals surface area contributed by atoms with Crippen molar-refractivity contribution in [1.82, 2.24) is 34.9 Å². The topological polar surface area (TPSA) is 96.5 Å². The number of amides is 1. The second-order valence-electron chi connectivity index (χ2n) is 9.55. The van der Waals surface area contributed by atoms with E-state index in [0.29, 0.717) is 5.25 Å². The molecule has 11 heteroatoms. The van der Waals surface area contributed by atoms with E-state index in [1.165, 1.54) is 0 Å². The number of piperidine rings is 1. The third kappa shape index (κ3) is 7.42. The van der Waals surface area contributed by atoms with Crippen molar-refractivity contribution in [3.05, 3.63) is 30.0 Å². The highest BCUT2D eigenvalue weighted by Gasteiger charge is 2.24. The molecule has 4 heterocycles. The summed E-state index contributed by atoms with van der Waals surface area (Å²) in [5.74, 6) is 2.55. The first-order chi connectivity index (χ1) is 16.9. The van der Waals surface area contributed by atoms with E-state index >= 15 is 0 Å². The predicted octanol–water partition coefficient (Wildman–Crippen LogP) is 2.20. The number of carbonyl (C=O) groups is 1. The van der Waals surface area contributed by atoms with E-state index in [9.17, 15) is 4.79 Å². The van der Waals surface area contributed by atoms with Crippen LogP contribution in [-0.4, -0.2) is 113 Å². The lowest BCUT2D eigenvalue weighted by molar-refractivity contribution is -0.126. The lowest BCUT2D eigenvalue weighted by atomic mass is 10.1. The number of rotatable bonds is 8. The molecule has 0 radical (unpaired) electrons. The standard InChI is InChI=1S/C24H37N9OS/c1-18-16-21(29-28-18)25-20-17-22(32-14-12-31(4)13-15-32)27-24(26-20)35-19-7-10-33(11-8-19)23(34)6-5-9-30(2)3/h5-6,16-17,19H,7-15H2,1-4H3,(H2,25,26,27,28,29). The van der Waals surface area contributed by atoms with Gasteiger partial charge >= 0.3 is 0 Å². The summed E-state index contributed by atoms with van der Waals surface area (Å²) in [6.45, 7) is 8.20. The van der Waals surface area contributed by atoms with Gasteiger partial charge in [0, 0.05) is 75.0 Å². The minimum absolute atomic E-state index is 0.101. The zero-order chi connectivity index (χ0) is 24.8. The second kappa shape index (κ2) is 11.9. The van der Waals surface area contributed by atoms with Crippen LogP contribution in [0.1, 0.15) is 18.5 Å². The number of likely N-dealkylation sites (N-methyl/N-ethyl adjacent to an activating group) is 2. The molecule has 2 N–H and O–H groups in total. The predicted molar refractivity (Wildman–Crippen MR) is 142 cm³/mol. The van der Waals surface area contributed by atoms with Crippen LogP contribution in [0.25, 0.3) is 0 Å². The Kier molecular flexibility index (Phi) is 8.64. The smallest absolute Gasteiger partial charge is 0.246 e. The van der Waals surface area contributed by atoms with Crippen molar-refractivity contribution in [2.75, 3.05) is 77.2 Å². The molecule has 2 aliphatic rings. The average Bonchev–Trinajstić information content (AvgIpc) is 3.24. The number of thioether (sulfide) groups is 1. The molecule has 0 atom stereocenters. The fourth-order valence-corrected chi connectivity index (χ4v) is 5.20. The molecule has 0 aromatic carbocycles. The van der Waals surface area contributed by atoms with Crippen molar-refractivity contribution >= 4 is 35.1 Å². The summed E-state index contributed by atoms with van der Waals surface area (Å²) >= 11 is 1.72. The summed E-state index contributed by atoms with van der Waals surface area (Å²) in [6, 6.07) is 3.98. The van der Waals surface area contributed by atoms with Crippen molar-refractivity contribution in [3.63, 3.8) is 0 Å². The van der Waals surface area contributed by atoms with Crippen molar-refractivity contribution in [3.8, 4) is 0 Å². The lowest BCUT2D eigenvalue weighted by Gasteiger charge is -2.33. The first kappa shape index (κ1) is 25.5. The van der Waals surface area contributed by atoms with E-state index < -0.39 is 0 Å². The highest BCUT2D eigenvalue weighted by atomic mass is 32.2. The molecule has 4 rings (SSSR count). The Morgan fingerprint density at radius 3 is 2.54 bits per heavy atom. The van der Waals surface area contributed by atoms with E-state index in [1.54, 1.807) is 17.8 Å². The van der Waals surface area contributed by atoms with Crippen molar-refractivity contribution < 1.29 is 4.79 Å². The zero-order valence-electron chi connectivity index (χ0n) is 21.2. The minimum atomic E-state index is 0.101. The molecule has 0 saturated carbocycles. The third-order valence-electron chi connectivity index (χ3n) is 6.24. The Morgan fingerprint density at radius 2 is 1.89 bits per heavy atom. The van der Waals surface area contributed by atoms with Gasteiger partial charge in [0.05, 0.1) is 0 Å². The molecule has 2 fully saturated rings. The molecule has 0 aliphatic carbocycles. The SMILES string of the molecule is Cc1cc(Nc2cc(N3CCN(C)CC3)nc(SC3CCN(C(=O)C=CCN(C)C)CC3)n2)n[nH]1. The second-order valence-corrected chi connectivity index (χ2v) is 10.8. The lowest BCUT2D eigenvalue weighted by Crippen LogP contribution is -2.44. The van der Waals surface area contributed by atoms with Crippen LogP contribution in [0.4, 0.5) is 17.5 Å². The van der Waals surface area contributed by atoms with Gasteiger partial charge in [-0.3, -0.25) is 9.89 Å². The van der Waals surface area contributed by atoms with Crippen LogP contribution in [0.5, 0.6) is 0 Å². The number of carbonyl (C=O) groups excluding carboxylic acids is 1. The van der Waals surface area contributed by atoms with Gasteiger partial charge in [-0.25, -0.2) is 9.97 Å². The summed E-state index contributed by atoms with van der Waals surface area (Å²) in [5, 5.41) is 11.7. The van der Waals surface area contributed by atoms with Crippen LogP contribution in [0, 0.1) is 6.92 Å². The van der Waals surface area contributed by atoms with Crippen molar-refractivity contribution in [1.29, 1.82) is 0 Å². The van der Waals surface area contributed by atoms with Gasteiger partial charge in [0.2, 0.25) is 5.91 Å². The van der Waals surface area contributed by atoms with Crippen LogP contribution in [-0.2, 0) is 4.79 Å². The van der Waals surface area contributed by atoms with E-state index in [0.717, 1.165) is 87.0 Å². The summed E-state index contributed by atoms with van der Waals surface area (Å²) < 4.78 is 0. The number of piperazine rings is 1. The fraction of sp³-hybridized carbons (Fsp3) is 0.583. The highest BCUT2D eigenvalue weighted by Crippen LogP contribution is 2.31. The summed E-state index contributed by atoms with van der Waals surface area (Å²) in [4.78, 5) is 30.9. The molecule has 2 aromatic heterocycles. The number of aryl methyl sites for hydroxylation is 1. The number of nitrogens with one attached hydrogen (secondary N) is 2. The molecule has 0 spiro atoms. The first-order valence-corrected chi connectivity index (χ1v) is 13.1. The maximum Gasteiger partial charge on any atom is 0.246 e. The number of aromatic amines is 1. The molecule has 1 amide bonds. The Labute approximate surface area is 212 Å². The fourth-order valence-electron chi connectivity index (χ4n) is 4.15. The Hall–Kier alpha value is -2.63. The maximum absolute atomic E-state index is 12.5. The number of hydrogen-bond acceptors (Lipinski definition) is 9. The zero-order valence-corrected chi connectivity index (χ0v) is 22.0. The molecule has 2 aromatic rings. The number of anilines is 3. The van der Waals surface area contributed by atoms with Crippen LogP contribution in [0.15, 0.2) is 29.4 Å². The maximum atomic E-state index is 12.5. The van der Waals surface area contributed by atoms with Gasteiger partial charge in [0.15, 0.2) is 11.0 Å². The van der Waals surface area contributed by atoms with Crippen LogP contribution >= 0.6 is 11.8 Å². The van der Waals surface area contributed by atoms with Crippen molar-refractivity contribution in [2.24, 2.45) is 0 Å². The number of likely N-dealkylation sites (tertiary alicyclic amines) is 1.